The molecule has 0 aliphatic carbocycles. The zero-order valence-electron chi connectivity index (χ0n) is 21.2. The molecule has 1 aromatic carbocycles. The maximum atomic E-state index is 14.3. The fourth-order valence-electron chi connectivity index (χ4n) is 4.99. The summed E-state index contributed by atoms with van der Waals surface area (Å²) in [4.78, 5) is 24.8. The quantitative estimate of drug-likeness (QED) is 0.317. The van der Waals surface area contributed by atoms with Gasteiger partial charge in [-0.3, -0.25) is 18.1 Å². The van der Waals surface area contributed by atoms with Gasteiger partial charge in [0, 0.05) is 12.0 Å². The Kier molecular flexibility index (Phi) is 6.62. The summed E-state index contributed by atoms with van der Waals surface area (Å²) in [5.41, 5.74) is 4.91. The molecule has 14 nitrogen and oxygen atoms in total. The zero-order chi connectivity index (χ0) is 28.2. The molecule has 40 heavy (non-hydrogen) atoms. The Labute approximate surface area is 225 Å². The number of halogens is 2. The highest BCUT2D eigenvalue weighted by molar-refractivity contribution is 7.48. The molecule has 3 fully saturated rings. The lowest BCUT2D eigenvalue weighted by molar-refractivity contribution is -0.0926. The Morgan fingerprint density at radius 2 is 2.12 bits per heavy atom. The van der Waals surface area contributed by atoms with Crippen LogP contribution in [0.5, 0.6) is 5.88 Å². The van der Waals surface area contributed by atoms with Crippen LogP contribution in [0.1, 0.15) is 38.2 Å². The van der Waals surface area contributed by atoms with Crippen LogP contribution < -0.4 is 10.5 Å². The second kappa shape index (κ2) is 9.89. The first-order valence-corrected chi connectivity index (χ1v) is 13.8. The number of hydrogen-bond acceptors (Lipinski definition) is 13. The molecule has 0 spiro atoms. The third-order valence-electron chi connectivity index (χ3n) is 6.75. The van der Waals surface area contributed by atoms with Crippen LogP contribution >= 0.6 is 7.82 Å². The summed E-state index contributed by atoms with van der Waals surface area (Å²) in [5, 5.41) is 0. The first-order chi connectivity index (χ1) is 19.1. The van der Waals surface area contributed by atoms with E-state index in [0.29, 0.717) is 12.1 Å². The van der Waals surface area contributed by atoms with Gasteiger partial charge in [-0.05, 0) is 32.0 Å². The van der Waals surface area contributed by atoms with Gasteiger partial charge in [-0.2, -0.15) is 9.97 Å². The number of phosphoric ester groups is 1. The molecule has 0 bridgehead atoms. The molecule has 3 saturated heterocycles. The lowest BCUT2D eigenvalue weighted by atomic mass is 9.96. The Morgan fingerprint density at radius 3 is 2.92 bits per heavy atom. The van der Waals surface area contributed by atoms with E-state index in [1.54, 1.807) is 13.8 Å². The molecule has 17 heteroatoms. The maximum Gasteiger partial charge on any atom is 0.509 e. The van der Waals surface area contributed by atoms with E-state index in [9.17, 15) is 18.1 Å². The molecule has 6 atom stereocenters. The molecule has 6 rings (SSSR count). The highest BCUT2D eigenvalue weighted by Gasteiger charge is 2.64. The smallest absolute Gasteiger partial charge is 0.476 e. The molecular formula is C23H24F2N5O9P. The average Bonchev–Trinajstić information content (AvgIpc) is 3.53. The minimum Gasteiger partial charge on any atom is -0.476 e. The van der Waals surface area contributed by atoms with Gasteiger partial charge in [0.1, 0.15) is 17.7 Å². The van der Waals surface area contributed by atoms with Gasteiger partial charge >= 0.3 is 14.0 Å². The number of ether oxygens (including phenoxy) is 4. The van der Waals surface area contributed by atoms with Crippen LogP contribution in [0.15, 0.2) is 24.5 Å². The van der Waals surface area contributed by atoms with Crippen molar-refractivity contribution in [3.8, 4) is 5.88 Å². The van der Waals surface area contributed by atoms with E-state index in [-0.39, 0.29) is 36.1 Å². The molecule has 3 aliphatic rings. The number of carbonyl (C=O) groups is 1. The van der Waals surface area contributed by atoms with E-state index in [1.165, 1.54) is 10.9 Å². The first kappa shape index (κ1) is 26.8. The van der Waals surface area contributed by atoms with Crippen molar-refractivity contribution in [3.63, 3.8) is 0 Å². The molecule has 214 valence electrons. The van der Waals surface area contributed by atoms with Crippen molar-refractivity contribution in [2.24, 2.45) is 0 Å². The van der Waals surface area contributed by atoms with Crippen molar-refractivity contribution in [2.45, 2.75) is 50.4 Å². The molecule has 3 aromatic rings. The Morgan fingerprint density at radius 1 is 1.30 bits per heavy atom. The second-order valence-electron chi connectivity index (χ2n) is 9.37. The Balaban J connectivity index is 1.24. The van der Waals surface area contributed by atoms with Gasteiger partial charge in [0.25, 0.3) is 0 Å². The number of hydrogen-bond donors (Lipinski definition) is 1. The lowest BCUT2D eigenvalue weighted by Crippen LogP contribution is -2.42. The number of nitrogen functional groups attached to an aromatic ring is 1. The number of aromatic nitrogens is 4. The Bertz CT molecular complexity index is 1530. The van der Waals surface area contributed by atoms with E-state index in [0.717, 1.165) is 18.2 Å². The molecule has 0 saturated carbocycles. The second-order valence-corrected chi connectivity index (χ2v) is 11.0. The van der Waals surface area contributed by atoms with E-state index < -0.39 is 62.4 Å². The van der Waals surface area contributed by atoms with Gasteiger partial charge in [0.15, 0.2) is 29.1 Å². The van der Waals surface area contributed by atoms with Crippen LogP contribution in [-0.2, 0) is 32.3 Å². The number of nitrogens with two attached hydrogens (primary N) is 1. The van der Waals surface area contributed by atoms with E-state index in [1.807, 2.05) is 0 Å². The van der Waals surface area contributed by atoms with E-state index in [4.69, 9.17) is 38.3 Å². The number of anilines is 1. The SMILES string of the molecule is CCOc1nc(N)nc2c1ncn2C1OC(COP2(=O)OCCC(c3cc(F)ccc3F)O2)C2OC(=O)OC21C. The molecule has 2 N–H and O–H groups in total. The predicted octanol–water partition coefficient (Wildman–Crippen LogP) is 3.58. The van der Waals surface area contributed by atoms with E-state index in [2.05, 4.69) is 15.0 Å². The number of phosphoric acid groups is 1. The summed E-state index contributed by atoms with van der Waals surface area (Å²) in [5.74, 6) is -1.32. The van der Waals surface area contributed by atoms with Gasteiger partial charge in [0.05, 0.1) is 32.3 Å². The van der Waals surface area contributed by atoms with Crippen molar-refractivity contribution >= 4 is 31.1 Å². The molecular weight excluding hydrogens is 559 g/mol. The highest BCUT2D eigenvalue weighted by atomic mass is 31.2. The molecule has 0 radical (unpaired) electrons. The summed E-state index contributed by atoms with van der Waals surface area (Å²) >= 11 is 0. The molecule has 3 aliphatic heterocycles. The Hall–Kier alpha value is -3.43. The molecule has 0 amide bonds. The van der Waals surface area contributed by atoms with Crippen LogP contribution in [0.2, 0.25) is 0 Å². The molecule has 5 heterocycles. The van der Waals surface area contributed by atoms with Gasteiger partial charge in [-0.25, -0.2) is 23.1 Å². The summed E-state index contributed by atoms with van der Waals surface area (Å²) in [7, 11) is -4.26. The summed E-state index contributed by atoms with van der Waals surface area (Å²) in [6.07, 6.45) is -3.57. The third-order valence-corrected chi connectivity index (χ3v) is 8.23. The van der Waals surface area contributed by atoms with Gasteiger partial charge in [-0.1, -0.05) is 0 Å². The van der Waals surface area contributed by atoms with Crippen LogP contribution in [0.4, 0.5) is 19.5 Å². The van der Waals surface area contributed by atoms with Crippen LogP contribution in [0.3, 0.4) is 0 Å². The lowest BCUT2D eigenvalue weighted by Gasteiger charge is -2.30. The van der Waals surface area contributed by atoms with Gasteiger partial charge < -0.3 is 24.7 Å². The van der Waals surface area contributed by atoms with Crippen molar-refractivity contribution < 1.29 is 50.7 Å². The fourth-order valence-corrected chi connectivity index (χ4v) is 6.38. The van der Waals surface area contributed by atoms with Gasteiger partial charge in [0.2, 0.25) is 11.8 Å². The zero-order valence-corrected chi connectivity index (χ0v) is 22.1. The molecule has 6 unspecified atom stereocenters. The highest BCUT2D eigenvalue weighted by Crippen LogP contribution is 2.58. The normalized spacial score (nSPS) is 31.6. The van der Waals surface area contributed by atoms with Crippen molar-refractivity contribution in [2.75, 3.05) is 25.6 Å². The van der Waals surface area contributed by atoms with Crippen LogP contribution in [0, 0.1) is 11.6 Å². The predicted molar refractivity (Wildman–Crippen MR) is 129 cm³/mol. The number of carbonyl (C=O) groups excluding carboxylic acids is 1. The van der Waals surface area contributed by atoms with E-state index >= 15 is 0 Å². The third kappa shape index (κ3) is 4.55. The number of fused-ring (bicyclic) bond motifs is 2. The van der Waals surface area contributed by atoms with Crippen LogP contribution in [-0.4, -0.2) is 63.3 Å². The average molecular weight is 583 g/mol. The summed E-state index contributed by atoms with van der Waals surface area (Å²) in [6.45, 7) is 3.13. The monoisotopic (exact) mass is 583 g/mol. The number of benzene rings is 1. The minimum absolute atomic E-state index is 0.0778. The number of imidazole rings is 1. The summed E-state index contributed by atoms with van der Waals surface area (Å²) < 4.78 is 81.6. The maximum absolute atomic E-state index is 14.3. The standard InChI is InChI=1S/C23H24F2N5O9P/c1-3-33-19-16-18(28-21(26)29-19)30(10-27-16)20-23(2)17(37-22(31)38-23)15(36-20)9-35-40(32)34-7-6-14(39-40)12-8-11(24)4-5-13(12)25/h4-5,8,10,14-15,17,20H,3,6-7,9H2,1-2H3,(H2,26,28,29). The fraction of sp³-hybridized carbons (Fsp3) is 0.478. The van der Waals surface area contributed by atoms with Gasteiger partial charge in [-0.15, -0.1) is 0 Å². The molecule has 2 aromatic heterocycles. The number of nitrogens with zero attached hydrogens (tertiary/aromatic N) is 4. The summed E-state index contributed by atoms with van der Waals surface area (Å²) in [6, 6.07) is 2.88. The topological polar surface area (TPSA) is 168 Å². The van der Waals surface area contributed by atoms with Crippen molar-refractivity contribution in [3.05, 3.63) is 41.7 Å². The largest absolute Gasteiger partial charge is 0.509 e. The van der Waals surface area contributed by atoms with Crippen LogP contribution in [0.25, 0.3) is 11.2 Å². The number of rotatable bonds is 7. The first-order valence-electron chi connectivity index (χ1n) is 12.3. The van der Waals surface area contributed by atoms with Crippen molar-refractivity contribution in [1.29, 1.82) is 0 Å². The van der Waals surface area contributed by atoms with Crippen molar-refractivity contribution in [1.82, 2.24) is 19.5 Å². The minimum atomic E-state index is -4.26.